The molecule has 0 heterocycles. The first-order valence-corrected chi connectivity index (χ1v) is 25.4. The van der Waals surface area contributed by atoms with Crippen LogP contribution in [-0.2, 0) is 0 Å². The summed E-state index contributed by atoms with van der Waals surface area (Å²) in [5.74, 6) is 18.9. The second kappa shape index (κ2) is 5.02. The molecule has 0 spiro atoms. The Balaban J connectivity index is 1.11. The highest BCUT2D eigenvalue weighted by atomic mass is 14.9. The minimum absolute atomic E-state index is 0.651. The third-order valence-electron chi connectivity index (χ3n) is 28.8. The molecule has 264 valence electrons. The third kappa shape index (κ3) is 1.16. The highest BCUT2D eigenvalue weighted by Crippen LogP contribution is 2.96. The predicted molar refractivity (Wildman–Crippen MR) is 223 cm³/mol. The van der Waals surface area contributed by atoms with Gasteiger partial charge in [-0.2, -0.15) is 0 Å². The molecule has 7 aromatic carbocycles. The summed E-state index contributed by atoms with van der Waals surface area (Å²) in [6, 6.07) is 0. The van der Waals surface area contributed by atoms with E-state index in [9.17, 15) is 0 Å². The molecule has 0 bridgehead atoms. The lowest BCUT2D eigenvalue weighted by molar-refractivity contribution is 0.0308. The molecule has 0 aliphatic heterocycles. The zero-order valence-corrected chi connectivity index (χ0v) is 31.9. The lowest BCUT2D eigenvalue weighted by atomic mass is 9.44. The summed E-state index contributed by atoms with van der Waals surface area (Å²) >= 11 is 0. The van der Waals surface area contributed by atoms with Crippen molar-refractivity contribution >= 4 is 81.4 Å². The van der Waals surface area contributed by atoms with Crippen LogP contribution in [-0.4, -0.2) is 0 Å². The van der Waals surface area contributed by atoms with Gasteiger partial charge in [-0.1, -0.05) is 33.4 Å². The monoisotopic (exact) mass is 744 g/mol. The summed E-state index contributed by atoms with van der Waals surface area (Å²) in [4.78, 5) is 0. The maximum Gasteiger partial charge on any atom is 0.0183 e. The van der Waals surface area contributed by atoms with Gasteiger partial charge in [0.2, 0.25) is 0 Å². The Morgan fingerprint density at radius 2 is 0.833 bits per heavy atom. The van der Waals surface area contributed by atoms with Gasteiger partial charge in [0.1, 0.15) is 0 Å². The summed E-state index contributed by atoms with van der Waals surface area (Å²) in [6.07, 6.45) is 0. The van der Waals surface area contributed by atoms with E-state index >= 15 is 0 Å². The number of benzene rings is 4. The van der Waals surface area contributed by atoms with E-state index in [4.69, 9.17) is 0 Å². The molecule has 0 saturated heterocycles. The van der Waals surface area contributed by atoms with Crippen LogP contribution in [0.5, 0.6) is 0 Å². The molecule has 25 aliphatic rings. The first-order valence-electron chi connectivity index (χ1n) is 25.4. The van der Waals surface area contributed by atoms with Crippen molar-refractivity contribution in [2.75, 3.05) is 0 Å². The molecule has 0 nitrogen and oxygen atoms in total. The van der Waals surface area contributed by atoms with Crippen molar-refractivity contribution in [2.24, 2.45) is 88.8 Å². The number of hydrogen-bond donors (Lipinski definition) is 0. The molecule has 25 aliphatic carbocycles. The Hall–Kier alpha value is -4.68. The van der Waals surface area contributed by atoms with E-state index in [1.165, 1.54) is 0 Å². The van der Waals surface area contributed by atoms with Crippen molar-refractivity contribution in [3.8, 4) is 0 Å². The van der Waals surface area contributed by atoms with Gasteiger partial charge in [0.05, 0.1) is 0 Å². The molecular weight excluding hydrogens is 721 g/mol. The van der Waals surface area contributed by atoms with E-state index < -0.39 is 0 Å². The number of hydrogen-bond acceptors (Lipinski definition) is 0. The summed E-state index contributed by atoms with van der Waals surface area (Å²) in [6.45, 7) is 0. The molecule has 0 aromatic heterocycles. The number of allylic oxidation sites excluding steroid dienone is 10. The minimum Gasteiger partial charge on any atom is -0.0582 e. The lowest BCUT2D eigenvalue weighted by Gasteiger charge is -2.58. The van der Waals surface area contributed by atoms with Crippen LogP contribution >= 0.6 is 0 Å². The maximum absolute atomic E-state index is 2.24. The Kier molecular flexibility index (Phi) is 1.88. The van der Waals surface area contributed by atoms with Crippen LogP contribution in [0.15, 0.2) is 50.2 Å². The van der Waals surface area contributed by atoms with Crippen LogP contribution in [0, 0.1) is 88.8 Å². The van der Waals surface area contributed by atoms with Gasteiger partial charge in [0.25, 0.3) is 0 Å². The van der Waals surface area contributed by atoms with Gasteiger partial charge in [-0.15, -0.1) is 0 Å². The van der Waals surface area contributed by atoms with E-state index in [-0.39, 0.29) is 0 Å². The van der Waals surface area contributed by atoms with Gasteiger partial charge < -0.3 is 0 Å². The first-order chi connectivity index (χ1) is 30.0. The third-order valence-corrected chi connectivity index (χ3v) is 28.8. The summed E-state index contributed by atoms with van der Waals surface area (Å²) in [5.41, 5.74) is 46.0. The van der Waals surface area contributed by atoms with Crippen LogP contribution in [0.1, 0.15) is 109 Å². The van der Waals surface area contributed by atoms with E-state index in [1.807, 2.05) is 114 Å². The van der Waals surface area contributed by atoms with Crippen LogP contribution in [0.4, 0.5) is 0 Å². The van der Waals surface area contributed by atoms with Gasteiger partial charge in [0, 0.05) is 53.3 Å². The highest BCUT2D eigenvalue weighted by molar-refractivity contribution is 6.49. The zero-order chi connectivity index (χ0) is 34.6. The zero-order valence-electron chi connectivity index (χ0n) is 31.9. The number of rotatable bonds is 0. The molecule has 5 fully saturated rings. The minimum atomic E-state index is 0.651. The molecule has 0 N–H and O–H groups in total. The molecule has 32 rings (SSSR count). The van der Waals surface area contributed by atoms with Gasteiger partial charge in [-0.25, -0.2) is 0 Å². The quantitative estimate of drug-likeness (QED) is 0.107. The highest BCUT2D eigenvalue weighted by Gasteiger charge is 2.86. The normalized spacial score (nSPS) is 57.6. The SMILES string of the molecule is C12=C3C4=C5C6=c7c8c9c%10c%11c7=C7C%12C%13=C%14C%15C%16=C(C1C%14C7C26)C1C3C2c3c6c7c%14c%17c%18c%19c%20c(c%10C%10C%19=C%19C%17C(C%14C%16C61)C%15C%13C%19C%10C%11%12)c9c1c6c(c3c7c%18c6%20)C(C42)C1C58. The van der Waals surface area contributed by atoms with E-state index in [2.05, 4.69) is 83.6 Å². The van der Waals surface area contributed by atoms with E-state index in [1.54, 1.807) is 0 Å². The Labute approximate surface area is 338 Å². The van der Waals surface area contributed by atoms with Crippen molar-refractivity contribution in [1.29, 1.82) is 0 Å². The van der Waals surface area contributed by atoms with Crippen LogP contribution in [0.2, 0.25) is 0 Å². The second-order valence-electron chi connectivity index (χ2n) is 27.0. The second-order valence-corrected chi connectivity index (χ2v) is 27.0. The van der Waals surface area contributed by atoms with Crippen LogP contribution < -0.4 is 10.4 Å². The Morgan fingerprint density at radius 3 is 1.82 bits per heavy atom. The van der Waals surface area contributed by atoms with Crippen molar-refractivity contribution < 1.29 is 0 Å². The molecule has 0 radical (unpaired) electrons. The molecule has 0 amide bonds. The lowest BCUT2D eigenvalue weighted by Crippen LogP contribution is -2.52. The van der Waals surface area contributed by atoms with Crippen molar-refractivity contribution in [3.63, 3.8) is 0 Å². The first kappa shape index (κ1) is 22.4. The molecule has 7 aromatic rings. The fraction of sp³-hybridized carbons (Fsp3) is 0.400. The smallest absolute Gasteiger partial charge is 0.0183 e. The predicted octanol–water partition coefficient (Wildman–Crippen LogP) is 9.48. The average Bonchev–Trinajstić information content (AvgIpc) is 4.09. The van der Waals surface area contributed by atoms with Crippen molar-refractivity contribution in [2.45, 2.75) is 53.3 Å². The fourth-order valence-corrected chi connectivity index (χ4v) is 30.6. The standard InChI is InChI=1S/C60H24/c1-2-5-6-3(1)8-12-10-4(1)9-11-7(2)17-21-13(5)23-24-14(6)22-18(8)28-20(12)30-26-16(10)15(9)25-29-19(11)27(17)37-41-31(21)33(23)43-44-34(24)32(22)42-38(28)48-40(30)46-36(26)35(25)45-39(29)47(37)55-49(41)51(43)57-52(44)50(42)56(48)59-54(46)53(45)58(55)60(57)59/h1-4,7,9-10,12-14,17,20-22,24,27-28,34,38,48,56-57,59-60H. The molecule has 24 atom stereocenters. The van der Waals surface area contributed by atoms with Gasteiger partial charge >= 0.3 is 0 Å². The molecule has 0 heteroatoms. The van der Waals surface area contributed by atoms with Crippen molar-refractivity contribution in [1.82, 2.24) is 0 Å². The maximum atomic E-state index is 2.24. The van der Waals surface area contributed by atoms with E-state index in [0.29, 0.717) is 17.8 Å². The summed E-state index contributed by atoms with van der Waals surface area (Å²) in [5, 5.41) is 27.1. The molecule has 24 unspecified atom stereocenters. The Morgan fingerprint density at radius 1 is 0.183 bits per heavy atom. The van der Waals surface area contributed by atoms with Gasteiger partial charge in [0.15, 0.2) is 0 Å². The Bertz CT molecular complexity index is 4750. The van der Waals surface area contributed by atoms with Gasteiger partial charge in [-0.3, -0.25) is 0 Å². The fourth-order valence-electron chi connectivity index (χ4n) is 30.6. The largest absolute Gasteiger partial charge is 0.0582 e. The topological polar surface area (TPSA) is 0 Å². The van der Waals surface area contributed by atoms with Crippen LogP contribution in [0.3, 0.4) is 0 Å². The molecular formula is C60H24. The molecule has 5 saturated carbocycles. The molecule has 60 heavy (non-hydrogen) atoms. The van der Waals surface area contributed by atoms with E-state index in [0.717, 1.165) is 124 Å². The van der Waals surface area contributed by atoms with Crippen molar-refractivity contribution in [3.05, 3.63) is 116 Å². The van der Waals surface area contributed by atoms with Gasteiger partial charge in [-0.05, 0) is 253 Å². The van der Waals surface area contributed by atoms with Crippen LogP contribution in [0.25, 0.3) is 81.4 Å². The summed E-state index contributed by atoms with van der Waals surface area (Å²) in [7, 11) is 0. The summed E-state index contributed by atoms with van der Waals surface area (Å²) < 4.78 is 0. The average molecular weight is 745 g/mol.